The Kier molecular flexibility index (Phi) is 7.10. The molecule has 1 aromatic carbocycles. The number of amides is 2. The number of hydrogen-bond acceptors (Lipinski definition) is 3. The van der Waals surface area contributed by atoms with Crippen molar-refractivity contribution in [2.45, 2.75) is 18.9 Å². The number of nitrogens with zero attached hydrogens (tertiary/aromatic N) is 1. The fourth-order valence-corrected chi connectivity index (χ4v) is 3.20. The first kappa shape index (κ1) is 17.5. The Labute approximate surface area is 142 Å². The third-order valence-corrected chi connectivity index (χ3v) is 4.42. The maximum atomic E-state index is 12.1. The van der Waals surface area contributed by atoms with E-state index < -0.39 is 0 Å². The van der Waals surface area contributed by atoms with E-state index >= 15 is 0 Å². The molecule has 2 aromatic rings. The molecule has 5 heteroatoms. The highest BCUT2D eigenvalue weighted by atomic mass is 32.1. The fourth-order valence-electron chi connectivity index (χ4n) is 2.49. The maximum Gasteiger partial charge on any atom is 0.315 e. The van der Waals surface area contributed by atoms with Crippen LogP contribution >= 0.6 is 11.3 Å². The first-order valence-electron chi connectivity index (χ1n) is 7.89. The highest BCUT2D eigenvalue weighted by molar-refractivity contribution is 7.09. The predicted octanol–water partition coefficient (Wildman–Crippen LogP) is 2.76. The van der Waals surface area contributed by atoms with Crippen LogP contribution in [0.3, 0.4) is 0 Å². The van der Waals surface area contributed by atoms with Crippen LogP contribution in [-0.4, -0.2) is 44.2 Å². The van der Waals surface area contributed by atoms with Crippen molar-refractivity contribution in [3.05, 3.63) is 58.3 Å². The number of thiophene rings is 1. The van der Waals surface area contributed by atoms with Gasteiger partial charge in [0.2, 0.25) is 0 Å². The molecule has 0 spiro atoms. The number of carbonyl (C=O) groups is 1. The summed E-state index contributed by atoms with van der Waals surface area (Å²) in [5.74, 6) is 0. The molecular formula is C18H25N3OS. The van der Waals surface area contributed by atoms with Gasteiger partial charge in [-0.1, -0.05) is 36.4 Å². The van der Waals surface area contributed by atoms with Crippen molar-refractivity contribution in [2.75, 3.05) is 27.2 Å². The lowest BCUT2D eigenvalue weighted by atomic mass is 10.1. The molecule has 2 rings (SSSR count). The molecule has 1 unspecified atom stereocenters. The molecule has 0 saturated carbocycles. The molecule has 2 amide bonds. The minimum atomic E-state index is -0.0932. The van der Waals surface area contributed by atoms with Crippen molar-refractivity contribution in [1.29, 1.82) is 0 Å². The van der Waals surface area contributed by atoms with Gasteiger partial charge < -0.3 is 15.5 Å². The number of benzene rings is 1. The van der Waals surface area contributed by atoms with Crippen LogP contribution in [0.1, 0.15) is 10.4 Å². The molecular weight excluding hydrogens is 306 g/mol. The largest absolute Gasteiger partial charge is 0.338 e. The van der Waals surface area contributed by atoms with Crippen molar-refractivity contribution in [1.82, 2.24) is 15.5 Å². The van der Waals surface area contributed by atoms with E-state index in [-0.39, 0.29) is 12.1 Å². The van der Waals surface area contributed by atoms with E-state index in [4.69, 9.17) is 0 Å². The molecule has 0 radical (unpaired) electrons. The Balaban J connectivity index is 1.80. The third kappa shape index (κ3) is 6.84. The summed E-state index contributed by atoms with van der Waals surface area (Å²) >= 11 is 1.72. The van der Waals surface area contributed by atoms with Crippen LogP contribution in [0, 0.1) is 0 Å². The zero-order chi connectivity index (χ0) is 16.5. The quantitative estimate of drug-likeness (QED) is 0.781. The molecule has 2 N–H and O–H groups in total. The Bertz CT molecular complexity index is 569. The summed E-state index contributed by atoms with van der Waals surface area (Å²) in [6.45, 7) is 1.47. The highest BCUT2D eigenvalue weighted by Crippen LogP contribution is 2.08. The van der Waals surface area contributed by atoms with Crippen molar-refractivity contribution in [2.24, 2.45) is 0 Å². The molecule has 0 aliphatic rings. The Morgan fingerprint density at radius 3 is 2.61 bits per heavy atom. The van der Waals surface area contributed by atoms with Crippen molar-refractivity contribution in [3.8, 4) is 0 Å². The Morgan fingerprint density at radius 1 is 1.17 bits per heavy atom. The van der Waals surface area contributed by atoms with Crippen LogP contribution in [0.15, 0.2) is 47.8 Å². The molecule has 23 heavy (non-hydrogen) atoms. The molecule has 1 aromatic heterocycles. The van der Waals surface area contributed by atoms with Gasteiger partial charge in [0.15, 0.2) is 0 Å². The van der Waals surface area contributed by atoms with Crippen molar-refractivity contribution < 1.29 is 4.79 Å². The van der Waals surface area contributed by atoms with Crippen LogP contribution in [0.25, 0.3) is 0 Å². The van der Waals surface area contributed by atoms with Gasteiger partial charge in [-0.3, -0.25) is 0 Å². The maximum absolute atomic E-state index is 12.1. The van der Waals surface area contributed by atoms with Gasteiger partial charge >= 0.3 is 6.03 Å². The summed E-state index contributed by atoms with van der Waals surface area (Å²) in [6, 6.07) is 14.4. The number of hydrogen-bond donors (Lipinski definition) is 2. The van der Waals surface area contributed by atoms with E-state index in [9.17, 15) is 4.79 Å². The fraction of sp³-hybridized carbons (Fsp3) is 0.389. The van der Waals surface area contributed by atoms with Crippen LogP contribution in [-0.2, 0) is 12.8 Å². The number of nitrogens with one attached hydrogen (secondary N) is 2. The van der Waals surface area contributed by atoms with Gasteiger partial charge in [0.05, 0.1) is 0 Å². The van der Waals surface area contributed by atoms with Gasteiger partial charge in [-0.25, -0.2) is 4.79 Å². The molecule has 0 aliphatic carbocycles. The predicted molar refractivity (Wildman–Crippen MR) is 97.0 cm³/mol. The summed E-state index contributed by atoms with van der Waals surface area (Å²) in [5, 5.41) is 8.10. The molecule has 4 nitrogen and oxygen atoms in total. The smallest absolute Gasteiger partial charge is 0.315 e. The van der Waals surface area contributed by atoms with Crippen molar-refractivity contribution >= 4 is 17.4 Å². The van der Waals surface area contributed by atoms with Crippen LogP contribution in [0.5, 0.6) is 0 Å². The van der Waals surface area contributed by atoms with Crippen LogP contribution in [0.2, 0.25) is 0 Å². The normalized spacial score (nSPS) is 12.1. The Hall–Kier alpha value is -1.85. The lowest BCUT2D eigenvalue weighted by molar-refractivity contribution is 0.232. The standard InChI is InChI=1S/C18H25N3OS/c1-21(2)14-16(13-15-7-4-3-5-8-15)20-18(22)19-11-10-17-9-6-12-23-17/h3-9,12,16H,10-11,13-14H2,1-2H3,(H2,19,20,22). The van der Waals surface area contributed by atoms with E-state index in [1.807, 2.05) is 38.4 Å². The molecule has 0 saturated heterocycles. The van der Waals surface area contributed by atoms with E-state index in [1.54, 1.807) is 11.3 Å². The first-order valence-corrected chi connectivity index (χ1v) is 8.77. The summed E-state index contributed by atoms with van der Waals surface area (Å²) in [7, 11) is 4.04. The average Bonchev–Trinajstić information content (AvgIpc) is 3.01. The summed E-state index contributed by atoms with van der Waals surface area (Å²) in [5.41, 5.74) is 1.23. The second kappa shape index (κ2) is 9.33. The van der Waals surface area contributed by atoms with Crippen LogP contribution in [0.4, 0.5) is 4.79 Å². The third-order valence-electron chi connectivity index (χ3n) is 3.48. The molecule has 1 heterocycles. The topological polar surface area (TPSA) is 44.4 Å². The minimum Gasteiger partial charge on any atom is -0.338 e. The van der Waals surface area contributed by atoms with E-state index in [0.29, 0.717) is 6.54 Å². The molecule has 124 valence electrons. The SMILES string of the molecule is CN(C)CC(Cc1ccccc1)NC(=O)NCCc1cccs1. The lowest BCUT2D eigenvalue weighted by Crippen LogP contribution is -2.47. The van der Waals surface area contributed by atoms with Gasteiger partial charge in [-0.15, -0.1) is 11.3 Å². The molecule has 1 atom stereocenters. The highest BCUT2D eigenvalue weighted by Gasteiger charge is 2.13. The van der Waals surface area contributed by atoms with E-state index in [1.165, 1.54) is 10.4 Å². The van der Waals surface area contributed by atoms with Gasteiger partial charge in [0.25, 0.3) is 0 Å². The second-order valence-corrected chi connectivity index (χ2v) is 6.91. The lowest BCUT2D eigenvalue weighted by Gasteiger charge is -2.22. The summed E-state index contributed by atoms with van der Waals surface area (Å²) in [6.07, 6.45) is 1.71. The summed E-state index contributed by atoms with van der Waals surface area (Å²) in [4.78, 5) is 15.5. The number of rotatable bonds is 8. The number of likely N-dealkylation sites (N-methyl/N-ethyl adjacent to an activating group) is 1. The van der Waals surface area contributed by atoms with Gasteiger partial charge in [0, 0.05) is 24.0 Å². The summed E-state index contributed by atoms with van der Waals surface area (Å²) < 4.78 is 0. The Morgan fingerprint density at radius 2 is 1.96 bits per heavy atom. The van der Waals surface area contributed by atoms with E-state index in [2.05, 4.69) is 39.1 Å². The van der Waals surface area contributed by atoms with Gasteiger partial charge in [0.1, 0.15) is 0 Å². The van der Waals surface area contributed by atoms with Crippen molar-refractivity contribution in [3.63, 3.8) is 0 Å². The minimum absolute atomic E-state index is 0.0918. The number of carbonyl (C=O) groups excluding carboxylic acids is 1. The number of urea groups is 1. The van der Waals surface area contributed by atoms with Gasteiger partial charge in [-0.2, -0.15) is 0 Å². The second-order valence-electron chi connectivity index (χ2n) is 5.88. The zero-order valence-corrected chi connectivity index (χ0v) is 14.6. The van der Waals surface area contributed by atoms with Crippen LogP contribution < -0.4 is 10.6 Å². The average molecular weight is 331 g/mol. The first-order chi connectivity index (χ1) is 11.1. The molecule has 0 fully saturated rings. The van der Waals surface area contributed by atoms with Gasteiger partial charge in [-0.05, 0) is 43.9 Å². The zero-order valence-electron chi connectivity index (χ0n) is 13.8. The molecule has 0 bridgehead atoms. The monoisotopic (exact) mass is 331 g/mol. The van der Waals surface area contributed by atoms with E-state index in [0.717, 1.165) is 19.4 Å². The molecule has 0 aliphatic heterocycles.